The molecule has 0 spiro atoms. The van der Waals surface area contributed by atoms with Crippen molar-refractivity contribution < 1.29 is 19.2 Å². The van der Waals surface area contributed by atoms with E-state index in [9.17, 15) is 19.2 Å². The maximum absolute atomic E-state index is 12.0. The monoisotopic (exact) mass is 562 g/mol. The summed E-state index contributed by atoms with van der Waals surface area (Å²) >= 11 is 6.60. The summed E-state index contributed by atoms with van der Waals surface area (Å²) in [5.74, 6) is -0.163. The highest BCUT2D eigenvalue weighted by molar-refractivity contribution is 9.10. The Morgan fingerprint density at radius 2 is 0.906 bits per heavy atom. The van der Waals surface area contributed by atoms with Gasteiger partial charge in [-0.3, -0.25) is 29.0 Å². The van der Waals surface area contributed by atoms with Crippen molar-refractivity contribution in [2.24, 2.45) is 11.8 Å². The zero-order valence-corrected chi connectivity index (χ0v) is 21.5. The summed E-state index contributed by atoms with van der Waals surface area (Å²) < 4.78 is 1.64. The van der Waals surface area contributed by atoms with Crippen molar-refractivity contribution in [1.29, 1.82) is 0 Å². The molecule has 0 saturated heterocycles. The van der Waals surface area contributed by atoms with Gasteiger partial charge in [-0.05, 0) is 48.2 Å². The molecule has 0 atom stereocenters. The summed E-state index contributed by atoms with van der Waals surface area (Å²) in [5.41, 5.74) is 2.02. The van der Waals surface area contributed by atoms with Crippen LogP contribution in [0.4, 0.5) is 0 Å². The van der Waals surface area contributed by atoms with Gasteiger partial charge < -0.3 is 0 Å². The van der Waals surface area contributed by atoms with E-state index in [1.54, 1.807) is 36.4 Å². The quantitative estimate of drug-likeness (QED) is 0.467. The minimum absolute atomic E-state index is 0.179. The largest absolute Gasteiger partial charge is 0.274 e. The second kappa shape index (κ2) is 9.67. The highest BCUT2D eigenvalue weighted by atomic mass is 79.9. The highest BCUT2D eigenvalue weighted by Crippen LogP contribution is 2.27. The first-order chi connectivity index (χ1) is 15.0. The number of benzene rings is 2. The molecule has 0 bridgehead atoms. The number of imide groups is 2. The fourth-order valence-electron chi connectivity index (χ4n) is 3.59. The number of nitrogens with zero attached hydrogens (tertiary/aromatic N) is 2. The van der Waals surface area contributed by atoms with Gasteiger partial charge in [0.25, 0.3) is 23.6 Å². The molecule has 8 heteroatoms. The maximum atomic E-state index is 12.0. The third-order valence-corrected chi connectivity index (χ3v) is 5.95. The Hall–Kier alpha value is -2.32. The number of rotatable bonds is 4. The van der Waals surface area contributed by atoms with Crippen LogP contribution in [0, 0.1) is 11.8 Å². The lowest BCUT2D eigenvalue weighted by molar-refractivity contribution is 0.0621. The van der Waals surface area contributed by atoms with Crippen LogP contribution in [0.2, 0.25) is 0 Å². The van der Waals surface area contributed by atoms with Crippen molar-refractivity contribution in [3.8, 4) is 0 Å². The van der Waals surface area contributed by atoms with Crippen molar-refractivity contribution >= 4 is 55.5 Å². The average molecular weight is 564 g/mol. The van der Waals surface area contributed by atoms with Gasteiger partial charge in [-0.2, -0.15) is 0 Å². The number of hydrogen-bond donors (Lipinski definition) is 0. The molecule has 32 heavy (non-hydrogen) atoms. The normalized spacial score (nSPS) is 14.9. The van der Waals surface area contributed by atoms with Crippen LogP contribution >= 0.6 is 31.9 Å². The van der Waals surface area contributed by atoms with E-state index in [-0.39, 0.29) is 35.5 Å². The Morgan fingerprint density at radius 1 is 0.594 bits per heavy atom. The van der Waals surface area contributed by atoms with E-state index in [0.29, 0.717) is 35.3 Å². The summed E-state index contributed by atoms with van der Waals surface area (Å²) in [6.45, 7) is 8.89. The topological polar surface area (TPSA) is 74.8 Å². The lowest BCUT2D eigenvalue weighted by Crippen LogP contribution is -2.33. The average Bonchev–Trinajstić information content (AvgIpc) is 3.08. The first-order valence-electron chi connectivity index (χ1n) is 10.3. The second-order valence-electron chi connectivity index (χ2n) is 8.61. The summed E-state index contributed by atoms with van der Waals surface area (Å²) in [6, 6.07) is 10.4. The van der Waals surface area contributed by atoms with Crippen LogP contribution in [0.5, 0.6) is 0 Å². The Morgan fingerprint density at radius 3 is 1.22 bits per heavy atom. The maximum Gasteiger partial charge on any atom is 0.261 e. The van der Waals surface area contributed by atoms with Gasteiger partial charge in [-0.25, -0.2) is 0 Å². The van der Waals surface area contributed by atoms with E-state index in [2.05, 4.69) is 31.9 Å². The molecule has 4 rings (SSSR count). The Balaban J connectivity index is 0.000000181. The minimum Gasteiger partial charge on any atom is -0.274 e. The summed E-state index contributed by atoms with van der Waals surface area (Å²) in [4.78, 5) is 50.5. The van der Waals surface area contributed by atoms with Gasteiger partial charge in [0.1, 0.15) is 0 Å². The predicted octanol–water partition coefficient (Wildman–Crippen LogP) is 5.40. The molecule has 0 unspecified atom stereocenters. The van der Waals surface area contributed by atoms with Crippen LogP contribution in [0.1, 0.15) is 69.1 Å². The minimum atomic E-state index is -0.185. The third kappa shape index (κ3) is 4.86. The van der Waals surface area contributed by atoms with Crippen LogP contribution in [-0.2, 0) is 0 Å². The zero-order valence-electron chi connectivity index (χ0n) is 18.3. The van der Waals surface area contributed by atoms with Crippen LogP contribution in [0.25, 0.3) is 0 Å². The molecule has 2 aliphatic rings. The van der Waals surface area contributed by atoms with E-state index >= 15 is 0 Å². The number of halogens is 2. The molecule has 2 aromatic carbocycles. The number of hydrogen-bond acceptors (Lipinski definition) is 4. The first-order valence-corrected chi connectivity index (χ1v) is 11.9. The van der Waals surface area contributed by atoms with Crippen LogP contribution in [0.3, 0.4) is 0 Å². The molecule has 6 nitrogen and oxygen atoms in total. The molecule has 0 saturated carbocycles. The Bertz CT molecular complexity index is 1020. The third-order valence-electron chi connectivity index (χ3n) is 4.96. The molecule has 2 aromatic rings. The zero-order chi connectivity index (χ0) is 23.7. The van der Waals surface area contributed by atoms with Gasteiger partial charge in [0.05, 0.1) is 22.3 Å². The molecule has 0 aromatic heterocycles. The van der Waals surface area contributed by atoms with Gasteiger partial charge in [0.15, 0.2) is 0 Å². The molecule has 0 radical (unpaired) electrons. The van der Waals surface area contributed by atoms with Gasteiger partial charge in [-0.15, -0.1) is 0 Å². The van der Waals surface area contributed by atoms with Gasteiger partial charge in [0.2, 0.25) is 0 Å². The van der Waals surface area contributed by atoms with E-state index in [1.807, 2.05) is 27.7 Å². The van der Waals surface area contributed by atoms with Crippen molar-refractivity contribution in [3.63, 3.8) is 0 Å². The summed E-state index contributed by atoms with van der Waals surface area (Å²) in [5, 5.41) is 0. The van der Waals surface area contributed by atoms with Gasteiger partial charge in [-0.1, -0.05) is 59.6 Å². The molecule has 0 N–H and O–H groups in total. The molecular formula is C24H24Br2N2O4. The summed E-state index contributed by atoms with van der Waals surface area (Å²) in [6.07, 6.45) is 0. The highest BCUT2D eigenvalue weighted by Gasteiger charge is 2.36. The van der Waals surface area contributed by atoms with Crippen molar-refractivity contribution in [2.45, 2.75) is 27.7 Å². The van der Waals surface area contributed by atoms with Crippen molar-refractivity contribution in [1.82, 2.24) is 9.80 Å². The van der Waals surface area contributed by atoms with Crippen molar-refractivity contribution in [3.05, 3.63) is 67.6 Å². The Labute approximate surface area is 204 Å². The molecule has 2 aliphatic heterocycles. The van der Waals surface area contributed by atoms with Crippen LogP contribution < -0.4 is 0 Å². The number of amides is 4. The Kier molecular flexibility index (Phi) is 7.35. The molecule has 0 aliphatic carbocycles. The number of carbonyl (C=O) groups is 4. The molecule has 0 fully saturated rings. The van der Waals surface area contributed by atoms with E-state index in [0.717, 1.165) is 8.95 Å². The van der Waals surface area contributed by atoms with Crippen LogP contribution in [0.15, 0.2) is 45.3 Å². The number of fused-ring (bicyclic) bond motifs is 2. The van der Waals surface area contributed by atoms with Crippen molar-refractivity contribution in [2.75, 3.05) is 13.1 Å². The summed E-state index contributed by atoms with van der Waals surface area (Å²) in [7, 11) is 0. The van der Waals surface area contributed by atoms with E-state index < -0.39 is 0 Å². The van der Waals surface area contributed by atoms with E-state index in [1.165, 1.54) is 9.80 Å². The lowest BCUT2D eigenvalue weighted by Gasteiger charge is -2.15. The molecule has 168 valence electrons. The van der Waals surface area contributed by atoms with Crippen LogP contribution in [-0.4, -0.2) is 46.5 Å². The fraction of sp³-hybridized carbons (Fsp3) is 0.333. The standard InChI is InChI=1S/2C12H12BrNO2/c2*1-7(2)6-14-11(15)9-4-3-8(13)5-10(9)12(14)16/h2*3-5,7H,6H2,1-2H3. The fourth-order valence-corrected chi connectivity index (χ4v) is 4.31. The van der Waals surface area contributed by atoms with Gasteiger partial charge >= 0.3 is 0 Å². The first kappa shape index (κ1) is 24.3. The van der Waals surface area contributed by atoms with E-state index in [4.69, 9.17) is 0 Å². The molecular weight excluding hydrogens is 540 g/mol. The smallest absolute Gasteiger partial charge is 0.261 e. The SMILES string of the molecule is CC(C)CN1C(=O)c2ccc(Br)cc2C1=O.CC(C)CN1C(=O)c2ccc(Br)cc2C1=O. The molecule has 2 heterocycles. The number of carbonyl (C=O) groups excluding carboxylic acids is 4. The second-order valence-corrected chi connectivity index (χ2v) is 10.4. The molecule has 4 amide bonds. The van der Waals surface area contributed by atoms with Gasteiger partial charge in [0, 0.05) is 22.0 Å². The predicted molar refractivity (Wildman–Crippen MR) is 129 cm³/mol. The lowest BCUT2D eigenvalue weighted by atomic mass is 10.1.